The van der Waals surface area contributed by atoms with Gasteiger partial charge >= 0.3 is 0 Å². The summed E-state index contributed by atoms with van der Waals surface area (Å²) in [5, 5.41) is 2.96. The van der Waals surface area contributed by atoms with Crippen molar-refractivity contribution in [2.75, 3.05) is 32.9 Å². The Bertz CT molecular complexity index is 458. The van der Waals surface area contributed by atoms with Crippen LogP contribution in [-0.2, 0) is 0 Å². The van der Waals surface area contributed by atoms with Crippen LogP contribution in [0.5, 0.6) is 0 Å². The predicted octanol–water partition coefficient (Wildman–Crippen LogP) is 2.35. The molecule has 0 saturated heterocycles. The Morgan fingerprint density at radius 3 is 2.63 bits per heavy atom. The highest BCUT2D eigenvalue weighted by Gasteiger charge is 2.20. The average Bonchev–Trinajstić information content (AvgIpc) is 2.27. The molecule has 0 saturated carbocycles. The van der Waals surface area contributed by atoms with Crippen LogP contribution in [-0.4, -0.2) is 38.0 Å². The van der Waals surface area contributed by atoms with E-state index in [1.165, 1.54) is 0 Å². The highest BCUT2D eigenvalue weighted by molar-refractivity contribution is 9.10. The zero-order valence-corrected chi connectivity index (χ0v) is 13.5. The summed E-state index contributed by atoms with van der Waals surface area (Å²) in [6.07, 6.45) is 0. The lowest BCUT2D eigenvalue weighted by Crippen LogP contribution is -2.40. The first-order valence-electron chi connectivity index (χ1n) is 6.19. The van der Waals surface area contributed by atoms with Crippen LogP contribution in [0.2, 0.25) is 0 Å². The zero-order valence-electron chi connectivity index (χ0n) is 12.0. The maximum atomic E-state index is 12.1. The number of nitrogens with two attached hydrogens (primary N) is 1. The lowest BCUT2D eigenvalue weighted by atomic mass is 9.93. The van der Waals surface area contributed by atoms with Crippen molar-refractivity contribution in [3.8, 4) is 0 Å². The molecule has 1 amide bonds. The SMILES string of the molecule is CN(C)CC(C)(C)CNC(=O)c1cc(N)ccc1Br. The van der Waals surface area contributed by atoms with Gasteiger partial charge in [-0.2, -0.15) is 0 Å². The highest BCUT2D eigenvalue weighted by Crippen LogP contribution is 2.20. The normalized spacial score (nSPS) is 11.7. The van der Waals surface area contributed by atoms with E-state index in [2.05, 4.69) is 40.0 Å². The molecule has 1 aromatic rings. The fourth-order valence-electron chi connectivity index (χ4n) is 2.04. The Morgan fingerprint density at radius 1 is 1.42 bits per heavy atom. The van der Waals surface area contributed by atoms with Crippen molar-refractivity contribution < 1.29 is 4.79 Å². The van der Waals surface area contributed by atoms with E-state index in [0.717, 1.165) is 11.0 Å². The maximum absolute atomic E-state index is 12.1. The van der Waals surface area contributed by atoms with Crippen molar-refractivity contribution in [2.24, 2.45) is 5.41 Å². The molecule has 19 heavy (non-hydrogen) atoms. The minimum absolute atomic E-state index is 0.0198. The van der Waals surface area contributed by atoms with Crippen molar-refractivity contribution >= 4 is 27.5 Å². The molecule has 1 aromatic carbocycles. The van der Waals surface area contributed by atoms with Crippen LogP contribution >= 0.6 is 15.9 Å². The van der Waals surface area contributed by atoms with Crippen molar-refractivity contribution in [2.45, 2.75) is 13.8 Å². The molecule has 0 aliphatic carbocycles. The third-order valence-corrected chi connectivity index (χ3v) is 3.40. The number of benzene rings is 1. The van der Waals surface area contributed by atoms with Gasteiger partial charge in [-0.3, -0.25) is 4.79 Å². The topological polar surface area (TPSA) is 58.4 Å². The van der Waals surface area contributed by atoms with Crippen LogP contribution < -0.4 is 11.1 Å². The van der Waals surface area contributed by atoms with Crippen molar-refractivity contribution in [1.82, 2.24) is 10.2 Å². The summed E-state index contributed by atoms with van der Waals surface area (Å²) in [4.78, 5) is 14.3. The summed E-state index contributed by atoms with van der Waals surface area (Å²) in [7, 11) is 4.05. The summed E-state index contributed by atoms with van der Waals surface area (Å²) in [6.45, 7) is 5.78. The molecule has 0 aromatic heterocycles. The number of nitrogens with one attached hydrogen (secondary N) is 1. The van der Waals surface area contributed by atoms with Crippen LogP contribution in [0.3, 0.4) is 0 Å². The highest BCUT2D eigenvalue weighted by atomic mass is 79.9. The molecule has 0 aliphatic heterocycles. The molecule has 106 valence electrons. The molecule has 0 unspecified atom stereocenters. The van der Waals surface area contributed by atoms with Gasteiger partial charge in [0.2, 0.25) is 0 Å². The van der Waals surface area contributed by atoms with Gasteiger partial charge < -0.3 is 16.0 Å². The Kier molecular flexibility index (Phi) is 5.38. The number of halogens is 1. The number of rotatable bonds is 5. The van der Waals surface area contributed by atoms with Crippen LogP contribution in [0.4, 0.5) is 5.69 Å². The van der Waals surface area contributed by atoms with Crippen LogP contribution in [0, 0.1) is 5.41 Å². The minimum Gasteiger partial charge on any atom is -0.399 e. The van der Waals surface area contributed by atoms with E-state index >= 15 is 0 Å². The van der Waals surface area contributed by atoms with Crippen LogP contribution in [0.1, 0.15) is 24.2 Å². The van der Waals surface area contributed by atoms with Crippen molar-refractivity contribution in [1.29, 1.82) is 0 Å². The fraction of sp³-hybridized carbons (Fsp3) is 0.500. The van der Waals surface area contributed by atoms with Gasteiger partial charge in [0.25, 0.3) is 5.91 Å². The Balaban J connectivity index is 2.68. The first-order valence-corrected chi connectivity index (χ1v) is 6.98. The number of hydrogen-bond donors (Lipinski definition) is 2. The van der Waals surface area contributed by atoms with E-state index < -0.39 is 0 Å². The second kappa shape index (κ2) is 6.39. The van der Waals surface area contributed by atoms with Crippen LogP contribution in [0.25, 0.3) is 0 Å². The molecule has 3 N–H and O–H groups in total. The average molecular weight is 328 g/mol. The van der Waals surface area contributed by atoms with E-state index in [4.69, 9.17) is 5.73 Å². The van der Waals surface area contributed by atoms with Crippen molar-refractivity contribution in [3.63, 3.8) is 0 Å². The smallest absolute Gasteiger partial charge is 0.252 e. The van der Waals surface area contributed by atoms with Gasteiger partial charge in [-0.1, -0.05) is 13.8 Å². The minimum atomic E-state index is -0.106. The quantitative estimate of drug-likeness (QED) is 0.816. The molecule has 0 heterocycles. The number of nitrogen functional groups attached to an aromatic ring is 1. The van der Waals surface area contributed by atoms with E-state index in [1.54, 1.807) is 18.2 Å². The van der Waals surface area contributed by atoms with Crippen molar-refractivity contribution in [3.05, 3.63) is 28.2 Å². The molecular formula is C14H22BrN3O. The lowest BCUT2D eigenvalue weighted by molar-refractivity contribution is 0.0928. The Morgan fingerprint density at radius 2 is 2.05 bits per heavy atom. The maximum Gasteiger partial charge on any atom is 0.252 e. The van der Waals surface area contributed by atoms with E-state index in [9.17, 15) is 4.79 Å². The third-order valence-electron chi connectivity index (χ3n) is 2.71. The summed E-state index contributed by atoms with van der Waals surface area (Å²) < 4.78 is 0.754. The molecule has 1 rings (SSSR count). The molecule has 0 bridgehead atoms. The largest absolute Gasteiger partial charge is 0.399 e. The molecule has 4 nitrogen and oxygen atoms in total. The number of amides is 1. The summed E-state index contributed by atoms with van der Waals surface area (Å²) in [6, 6.07) is 5.23. The first kappa shape index (κ1) is 16.0. The Hall–Kier alpha value is -1.07. The standard InChI is InChI=1S/C14H22BrN3O/c1-14(2,9-18(3)4)8-17-13(19)11-7-10(16)5-6-12(11)15/h5-7H,8-9,16H2,1-4H3,(H,17,19). The molecular weight excluding hydrogens is 306 g/mol. The number of hydrogen-bond acceptors (Lipinski definition) is 3. The zero-order chi connectivity index (χ0) is 14.6. The summed E-state index contributed by atoms with van der Waals surface area (Å²) in [5.41, 5.74) is 6.88. The van der Waals surface area contributed by atoms with E-state index in [0.29, 0.717) is 17.8 Å². The molecule has 0 atom stereocenters. The summed E-state index contributed by atoms with van der Waals surface area (Å²) in [5.74, 6) is -0.106. The van der Waals surface area contributed by atoms with Gasteiger partial charge in [0.05, 0.1) is 5.56 Å². The van der Waals surface area contributed by atoms with E-state index in [-0.39, 0.29) is 11.3 Å². The van der Waals surface area contributed by atoms with Crippen LogP contribution in [0.15, 0.2) is 22.7 Å². The molecule has 5 heteroatoms. The van der Waals surface area contributed by atoms with Gasteiger partial charge in [0, 0.05) is 23.2 Å². The fourth-order valence-corrected chi connectivity index (χ4v) is 2.47. The second-order valence-corrected chi connectivity index (χ2v) is 6.68. The number of anilines is 1. The predicted molar refractivity (Wildman–Crippen MR) is 83.2 cm³/mol. The molecule has 0 aliphatic rings. The molecule has 0 fully saturated rings. The number of nitrogens with zero attached hydrogens (tertiary/aromatic N) is 1. The molecule has 0 radical (unpaired) electrons. The number of carbonyl (C=O) groups is 1. The monoisotopic (exact) mass is 327 g/mol. The second-order valence-electron chi connectivity index (χ2n) is 5.82. The number of carbonyl (C=O) groups excluding carboxylic acids is 1. The van der Waals surface area contributed by atoms with Gasteiger partial charge in [-0.15, -0.1) is 0 Å². The van der Waals surface area contributed by atoms with Gasteiger partial charge in [-0.05, 0) is 53.6 Å². The lowest BCUT2D eigenvalue weighted by Gasteiger charge is -2.28. The van der Waals surface area contributed by atoms with Gasteiger partial charge in [0.15, 0.2) is 0 Å². The van der Waals surface area contributed by atoms with Gasteiger partial charge in [0.1, 0.15) is 0 Å². The van der Waals surface area contributed by atoms with Gasteiger partial charge in [-0.25, -0.2) is 0 Å². The Labute approximate surface area is 123 Å². The van der Waals surface area contributed by atoms with E-state index in [1.807, 2.05) is 14.1 Å². The summed E-state index contributed by atoms with van der Waals surface area (Å²) >= 11 is 3.37. The molecule has 0 spiro atoms. The third kappa shape index (κ3) is 5.20. The first-order chi connectivity index (χ1) is 8.71.